The van der Waals surface area contributed by atoms with Gasteiger partial charge in [0.05, 0.1) is 0 Å². The van der Waals surface area contributed by atoms with Crippen LogP contribution in [0.1, 0.15) is 27.2 Å². The summed E-state index contributed by atoms with van der Waals surface area (Å²) in [4.78, 5) is 11.0. The van der Waals surface area contributed by atoms with Gasteiger partial charge in [-0.1, -0.05) is 0 Å². The number of nitrogens with one attached hydrogen (secondary N) is 2. The molecule has 0 saturated carbocycles. The van der Waals surface area contributed by atoms with E-state index in [4.69, 9.17) is 9.94 Å². The molecule has 0 radical (unpaired) electrons. The summed E-state index contributed by atoms with van der Waals surface area (Å²) in [7, 11) is 0. The van der Waals surface area contributed by atoms with Gasteiger partial charge in [-0.05, 0) is 27.2 Å². The third-order valence-electron chi connectivity index (χ3n) is 1.13. The summed E-state index contributed by atoms with van der Waals surface area (Å²) < 4.78 is 4.98. The molecule has 78 valence electrons. The molecule has 5 heteroatoms. The Labute approximate surface area is 78.4 Å². The van der Waals surface area contributed by atoms with Crippen LogP contribution in [-0.2, 0) is 4.74 Å². The molecule has 5 nitrogen and oxygen atoms in total. The van der Waals surface area contributed by atoms with Crippen LogP contribution >= 0.6 is 0 Å². The van der Waals surface area contributed by atoms with Crippen molar-refractivity contribution in [2.75, 3.05) is 13.1 Å². The van der Waals surface area contributed by atoms with E-state index in [2.05, 4.69) is 5.32 Å². The van der Waals surface area contributed by atoms with Crippen LogP contribution in [-0.4, -0.2) is 30.0 Å². The Hall–Kier alpha value is -0.810. The molecule has 1 amide bonds. The van der Waals surface area contributed by atoms with Crippen LogP contribution in [0.25, 0.3) is 0 Å². The molecular weight excluding hydrogens is 172 g/mol. The zero-order chi connectivity index (χ0) is 10.3. The van der Waals surface area contributed by atoms with Crippen LogP contribution in [0.4, 0.5) is 4.79 Å². The van der Waals surface area contributed by atoms with Gasteiger partial charge >= 0.3 is 6.09 Å². The van der Waals surface area contributed by atoms with Gasteiger partial charge in [0.2, 0.25) is 0 Å². The number of carbonyl (C=O) groups excluding carboxylic acids is 1. The van der Waals surface area contributed by atoms with Gasteiger partial charge in [0.25, 0.3) is 0 Å². The molecule has 0 aromatic rings. The number of ether oxygens (including phenoxy) is 1. The summed E-state index contributed by atoms with van der Waals surface area (Å²) in [6.45, 7) is 6.36. The van der Waals surface area contributed by atoms with E-state index < -0.39 is 11.7 Å². The van der Waals surface area contributed by atoms with Crippen molar-refractivity contribution in [2.45, 2.75) is 32.8 Å². The number of hydrogen-bond acceptors (Lipinski definition) is 4. The number of hydroxylamine groups is 1. The summed E-state index contributed by atoms with van der Waals surface area (Å²) in [6.07, 6.45) is 0.237. The molecule has 0 aliphatic heterocycles. The van der Waals surface area contributed by atoms with Crippen LogP contribution in [0, 0.1) is 0 Å². The van der Waals surface area contributed by atoms with Crippen LogP contribution in [0.2, 0.25) is 0 Å². The largest absolute Gasteiger partial charge is 0.444 e. The molecule has 0 heterocycles. The number of rotatable bonds is 4. The lowest BCUT2D eigenvalue weighted by molar-refractivity contribution is 0.0525. The summed E-state index contributed by atoms with van der Waals surface area (Å²) in [5.74, 6) is 0. The van der Waals surface area contributed by atoms with Crippen LogP contribution in [0.15, 0.2) is 0 Å². The first kappa shape index (κ1) is 12.2. The maximum absolute atomic E-state index is 11.0. The van der Waals surface area contributed by atoms with Crippen molar-refractivity contribution in [1.82, 2.24) is 10.8 Å². The Bertz CT molecular complexity index is 154. The summed E-state index contributed by atoms with van der Waals surface area (Å²) in [5.41, 5.74) is 1.54. The fourth-order valence-electron chi connectivity index (χ4n) is 0.672. The second-order valence-electron chi connectivity index (χ2n) is 3.69. The van der Waals surface area contributed by atoms with Gasteiger partial charge in [0.1, 0.15) is 5.60 Å². The van der Waals surface area contributed by atoms with E-state index in [0.717, 1.165) is 0 Å². The molecule has 0 unspecified atom stereocenters. The van der Waals surface area contributed by atoms with Crippen molar-refractivity contribution in [3.05, 3.63) is 0 Å². The maximum Gasteiger partial charge on any atom is 0.407 e. The van der Waals surface area contributed by atoms with Crippen LogP contribution < -0.4 is 10.8 Å². The Balaban J connectivity index is 3.41. The van der Waals surface area contributed by atoms with Crippen molar-refractivity contribution in [1.29, 1.82) is 0 Å². The number of carbonyl (C=O) groups is 1. The Morgan fingerprint density at radius 2 is 2.00 bits per heavy atom. The predicted octanol–water partition coefficient (Wildman–Crippen LogP) is 0.880. The molecule has 13 heavy (non-hydrogen) atoms. The molecule has 0 rings (SSSR count). The summed E-state index contributed by atoms with van der Waals surface area (Å²) >= 11 is 0. The minimum atomic E-state index is -0.459. The zero-order valence-corrected chi connectivity index (χ0v) is 8.39. The topological polar surface area (TPSA) is 70.6 Å². The molecular formula is C8H18N2O3. The monoisotopic (exact) mass is 190 g/mol. The minimum absolute atomic E-state index is 0.426. The summed E-state index contributed by atoms with van der Waals surface area (Å²) in [5, 5.41) is 10.8. The van der Waals surface area contributed by atoms with Gasteiger partial charge in [-0.3, -0.25) is 0 Å². The zero-order valence-electron chi connectivity index (χ0n) is 8.39. The summed E-state index contributed by atoms with van der Waals surface area (Å²) in [6, 6.07) is 0. The van der Waals surface area contributed by atoms with Crippen molar-refractivity contribution in [3.63, 3.8) is 0 Å². The van der Waals surface area contributed by atoms with Crippen molar-refractivity contribution >= 4 is 6.09 Å². The van der Waals surface area contributed by atoms with E-state index in [1.807, 2.05) is 26.3 Å². The Morgan fingerprint density at radius 3 is 2.46 bits per heavy atom. The molecule has 3 N–H and O–H groups in total. The molecule has 0 aromatic heterocycles. The number of amides is 1. The second-order valence-corrected chi connectivity index (χ2v) is 3.69. The Morgan fingerprint density at radius 1 is 1.38 bits per heavy atom. The van der Waals surface area contributed by atoms with Crippen LogP contribution in [0.5, 0.6) is 0 Å². The van der Waals surface area contributed by atoms with Crippen LogP contribution in [0.3, 0.4) is 0 Å². The average molecular weight is 190 g/mol. The van der Waals surface area contributed by atoms with Gasteiger partial charge in [-0.15, -0.1) is 0 Å². The number of hydrogen-bond donors (Lipinski definition) is 3. The highest BCUT2D eigenvalue weighted by Gasteiger charge is 2.15. The molecule has 0 aliphatic carbocycles. The highest BCUT2D eigenvalue weighted by molar-refractivity contribution is 5.67. The SMILES string of the molecule is CC(C)(C)OC(=O)NCCCNO. The average Bonchev–Trinajstić information content (AvgIpc) is 1.94. The fraction of sp³-hybridized carbons (Fsp3) is 0.875. The van der Waals surface area contributed by atoms with Gasteiger partial charge < -0.3 is 15.3 Å². The normalized spacial score (nSPS) is 11.1. The Kier molecular flexibility index (Phi) is 5.41. The highest BCUT2D eigenvalue weighted by atomic mass is 16.6. The van der Waals surface area contributed by atoms with E-state index in [-0.39, 0.29) is 0 Å². The molecule has 0 atom stereocenters. The lowest BCUT2D eigenvalue weighted by Crippen LogP contribution is -2.33. The van der Waals surface area contributed by atoms with E-state index in [0.29, 0.717) is 19.5 Å². The van der Waals surface area contributed by atoms with Gasteiger partial charge in [-0.25, -0.2) is 10.3 Å². The molecule has 0 saturated heterocycles. The quantitative estimate of drug-likeness (QED) is 0.454. The highest BCUT2D eigenvalue weighted by Crippen LogP contribution is 2.05. The minimum Gasteiger partial charge on any atom is -0.444 e. The molecule has 0 spiro atoms. The van der Waals surface area contributed by atoms with Gasteiger partial charge in [-0.2, -0.15) is 0 Å². The van der Waals surface area contributed by atoms with E-state index in [1.165, 1.54) is 0 Å². The van der Waals surface area contributed by atoms with Crippen molar-refractivity contribution in [2.24, 2.45) is 0 Å². The first-order valence-corrected chi connectivity index (χ1v) is 4.29. The third kappa shape index (κ3) is 9.10. The van der Waals surface area contributed by atoms with E-state index in [9.17, 15) is 4.79 Å². The molecule has 0 aliphatic rings. The first-order valence-electron chi connectivity index (χ1n) is 4.29. The third-order valence-corrected chi connectivity index (χ3v) is 1.13. The van der Waals surface area contributed by atoms with Crippen molar-refractivity contribution in [3.8, 4) is 0 Å². The smallest absolute Gasteiger partial charge is 0.407 e. The van der Waals surface area contributed by atoms with Crippen molar-refractivity contribution < 1.29 is 14.7 Å². The van der Waals surface area contributed by atoms with Gasteiger partial charge in [0.15, 0.2) is 0 Å². The molecule has 0 aromatic carbocycles. The number of alkyl carbamates (subject to hydrolysis) is 1. The first-order chi connectivity index (χ1) is 5.95. The van der Waals surface area contributed by atoms with E-state index >= 15 is 0 Å². The predicted molar refractivity (Wildman–Crippen MR) is 48.6 cm³/mol. The lowest BCUT2D eigenvalue weighted by atomic mass is 10.2. The maximum atomic E-state index is 11.0. The standard InChI is InChI=1S/C8H18N2O3/c1-8(2,3)13-7(11)9-5-4-6-10-12/h10,12H,4-6H2,1-3H3,(H,9,11). The second kappa shape index (κ2) is 5.77. The van der Waals surface area contributed by atoms with E-state index in [1.54, 1.807) is 0 Å². The molecule has 0 fully saturated rings. The fourth-order valence-corrected chi connectivity index (χ4v) is 0.672. The molecule has 0 bridgehead atoms. The lowest BCUT2D eigenvalue weighted by Gasteiger charge is -2.19. The van der Waals surface area contributed by atoms with Gasteiger partial charge in [0, 0.05) is 13.1 Å².